The smallest absolute Gasteiger partial charge is 0.136 e. The zero-order valence-electron chi connectivity index (χ0n) is 11.2. The highest BCUT2D eigenvalue weighted by Crippen LogP contribution is 2.23. The van der Waals surface area contributed by atoms with Gasteiger partial charge in [-0.05, 0) is 26.0 Å². The highest BCUT2D eigenvalue weighted by Gasteiger charge is 2.11. The molecule has 0 amide bonds. The molecule has 0 bridgehead atoms. The molecule has 1 aromatic carbocycles. The van der Waals surface area contributed by atoms with E-state index in [9.17, 15) is 0 Å². The fourth-order valence-electron chi connectivity index (χ4n) is 1.98. The SMILES string of the molecule is Cc1cc(N(CCC#N)c2ccccc2)nc(C)n1. The fraction of sp³-hybridized carbons (Fsp3) is 0.267. The number of rotatable bonds is 4. The lowest BCUT2D eigenvalue weighted by Gasteiger charge is -2.23. The van der Waals surface area contributed by atoms with Crippen LogP contribution in [0, 0.1) is 25.2 Å². The van der Waals surface area contributed by atoms with E-state index >= 15 is 0 Å². The van der Waals surface area contributed by atoms with Gasteiger partial charge in [0, 0.05) is 24.0 Å². The lowest BCUT2D eigenvalue weighted by atomic mass is 10.2. The molecule has 0 saturated carbocycles. The Bertz CT molecular complexity index is 567. The van der Waals surface area contributed by atoms with Crippen molar-refractivity contribution in [2.45, 2.75) is 20.3 Å². The van der Waals surface area contributed by atoms with Crippen molar-refractivity contribution < 1.29 is 0 Å². The van der Waals surface area contributed by atoms with Crippen LogP contribution < -0.4 is 4.90 Å². The molecule has 2 aromatic rings. The van der Waals surface area contributed by atoms with E-state index in [0.29, 0.717) is 13.0 Å². The molecule has 0 radical (unpaired) electrons. The van der Waals surface area contributed by atoms with E-state index in [4.69, 9.17) is 5.26 Å². The molecule has 1 heterocycles. The molecule has 0 spiro atoms. The molecular weight excluding hydrogens is 236 g/mol. The van der Waals surface area contributed by atoms with Crippen molar-refractivity contribution in [3.63, 3.8) is 0 Å². The summed E-state index contributed by atoms with van der Waals surface area (Å²) in [4.78, 5) is 10.8. The van der Waals surface area contributed by atoms with E-state index in [-0.39, 0.29) is 0 Å². The molecule has 0 aliphatic heterocycles. The molecule has 0 aliphatic carbocycles. The van der Waals surface area contributed by atoms with Crippen LogP contribution in [0.5, 0.6) is 0 Å². The maximum Gasteiger partial charge on any atom is 0.136 e. The molecule has 0 N–H and O–H groups in total. The Labute approximate surface area is 113 Å². The van der Waals surface area contributed by atoms with Gasteiger partial charge in [0.15, 0.2) is 0 Å². The quantitative estimate of drug-likeness (QED) is 0.838. The van der Waals surface area contributed by atoms with Gasteiger partial charge in [0.1, 0.15) is 11.6 Å². The van der Waals surface area contributed by atoms with E-state index < -0.39 is 0 Å². The molecule has 0 atom stereocenters. The summed E-state index contributed by atoms with van der Waals surface area (Å²) < 4.78 is 0. The van der Waals surface area contributed by atoms with Gasteiger partial charge in [0.05, 0.1) is 12.5 Å². The minimum Gasteiger partial charge on any atom is -0.325 e. The first-order valence-electron chi connectivity index (χ1n) is 6.22. The minimum atomic E-state index is 0.455. The van der Waals surface area contributed by atoms with E-state index in [1.165, 1.54) is 0 Å². The summed E-state index contributed by atoms with van der Waals surface area (Å²) in [5.41, 5.74) is 1.97. The highest BCUT2D eigenvalue weighted by atomic mass is 15.2. The van der Waals surface area contributed by atoms with Crippen molar-refractivity contribution in [2.75, 3.05) is 11.4 Å². The molecule has 96 valence electrons. The maximum absolute atomic E-state index is 8.81. The predicted octanol–water partition coefficient (Wildman–Crippen LogP) is 3.15. The van der Waals surface area contributed by atoms with Crippen LogP contribution in [-0.2, 0) is 0 Å². The lowest BCUT2D eigenvalue weighted by molar-refractivity contribution is 0.899. The standard InChI is InChI=1S/C15H16N4/c1-12-11-15(18-13(2)17-12)19(10-6-9-16)14-7-4-3-5-8-14/h3-5,7-8,11H,6,10H2,1-2H3. The van der Waals surface area contributed by atoms with Crippen LogP contribution in [-0.4, -0.2) is 16.5 Å². The van der Waals surface area contributed by atoms with Crippen LogP contribution in [0.2, 0.25) is 0 Å². The molecule has 4 nitrogen and oxygen atoms in total. The topological polar surface area (TPSA) is 52.8 Å². The maximum atomic E-state index is 8.81. The number of hydrogen-bond acceptors (Lipinski definition) is 4. The van der Waals surface area contributed by atoms with Crippen LogP contribution in [0.3, 0.4) is 0 Å². The Morgan fingerprint density at radius 2 is 1.89 bits per heavy atom. The van der Waals surface area contributed by atoms with Crippen LogP contribution in [0.25, 0.3) is 0 Å². The van der Waals surface area contributed by atoms with E-state index in [1.807, 2.05) is 55.1 Å². The highest BCUT2D eigenvalue weighted by molar-refractivity contribution is 5.60. The number of aromatic nitrogens is 2. The molecule has 0 unspecified atom stereocenters. The number of anilines is 2. The van der Waals surface area contributed by atoms with Gasteiger partial charge < -0.3 is 4.90 Å². The molecule has 0 saturated heterocycles. The molecule has 0 aliphatic rings. The summed E-state index contributed by atoms with van der Waals surface area (Å²) in [6, 6.07) is 14.1. The van der Waals surface area contributed by atoms with Crippen LogP contribution >= 0.6 is 0 Å². The van der Waals surface area contributed by atoms with E-state index in [1.54, 1.807) is 0 Å². The van der Waals surface area contributed by atoms with Crippen molar-refractivity contribution in [3.05, 3.63) is 47.9 Å². The predicted molar refractivity (Wildman–Crippen MR) is 75.2 cm³/mol. The molecular formula is C15H16N4. The Balaban J connectivity index is 2.40. The van der Waals surface area contributed by atoms with Crippen LogP contribution in [0.15, 0.2) is 36.4 Å². The summed E-state index contributed by atoms with van der Waals surface area (Å²) in [5, 5.41) is 8.81. The minimum absolute atomic E-state index is 0.455. The lowest BCUT2D eigenvalue weighted by Crippen LogP contribution is -2.20. The van der Waals surface area contributed by atoms with Gasteiger partial charge in [-0.1, -0.05) is 18.2 Å². The number of nitriles is 1. The second kappa shape index (κ2) is 5.96. The van der Waals surface area contributed by atoms with Crippen molar-refractivity contribution in [1.29, 1.82) is 5.26 Å². The molecule has 19 heavy (non-hydrogen) atoms. The zero-order chi connectivity index (χ0) is 13.7. The zero-order valence-corrected chi connectivity index (χ0v) is 11.2. The second-order valence-corrected chi connectivity index (χ2v) is 4.31. The molecule has 4 heteroatoms. The summed E-state index contributed by atoms with van der Waals surface area (Å²) in [5.74, 6) is 1.58. The van der Waals surface area contributed by atoms with E-state index in [0.717, 1.165) is 23.0 Å². The van der Waals surface area contributed by atoms with Gasteiger partial charge in [0.25, 0.3) is 0 Å². The van der Waals surface area contributed by atoms with Gasteiger partial charge in [-0.2, -0.15) is 5.26 Å². The van der Waals surface area contributed by atoms with Gasteiger partial charge >= 0.3 is 0 Å². The first-order valence-corrected chi connectivity index (χ1v) is 6.22. The number of hydrogen-bond donors (Lipinski definition) is 0. The Morgan fingerprint density at radius 3 is 2.53 bits per heavy atom. The van der Waals surface area contributed by atoms with E-state index in [2.05, 4.69) is 16.0 Å². The number of aryl methyl sites for hydroxylation is 2. The van der Waals surface area contributed by atoms with Crippen LogP contribution in [0.1, 0.15) is 17.9 Å². The normalized spacial score (nSPS) is 9.95. The monoisotopic (exact) mass is 252 g/mol. The second-order valence-electron chi connectivity index (χ2n) is 4.31. The fourth-order valence-corrected chi connectivity index (χ4v) is 1.98. The average Bonchev–Trinajstić information content (AvgIpc) is 2.39. The molecule has 2 rings (SSSR count). The number of benzene rings is 1. The Morgan fingerprint density at radius 1 is 1.16 bits per heavy atom. The number of nitrogens with zero attached hydrogens (tertiary/aromatic N) is 4. The van der Waals surface area contributed by atoms with Crippen molar-refractivity contribution >= 4 is 11.5 Å². The summed E-state index contributed by atoms with van der Waals surface area (Å²) in [6.45, 7) is 4.45. The van der Waals surface area contributed by atoms with Crippen molar-refractivity contribution in [1.82, 2.24) is 9.97 Å². The Hall–Kier alpha value is -2.41. The van der Waals surface area contributed by atoms with Crippen molar-refractivity contribution in [2.24, 2.45) is 0 Å². The van der Waals surface area contributed by atoms with Gasteiger partial charge in [-0.3, -0.25) is 0 Å². The molecule has 1 aromatic heterocycles. The third-order valence-electron chi connectivity index (χ3n) is 2.74. The first kappa shape index (κ1) is 13.0. The first-order chi connectivity index (χ1) is 9.20. The third kappa shape index (κ3) is 3.29. The Kier molecular flexibility index (Phi) is 4.09. The molecule has 0 fully saturated rings. The van der Waals surface area contributed by atoms with Crippen LogP contribution in [0.4, 0.5) is 11.5 Å². The van der Waals surface area contributed by atoms with Crippen molar-refractivity contribution in [3.8, 4) is 6.07 Å². The van der Waals surface area contributed by atoms with Gasteiger partial charge in [-0.15, -0.1) is 0 Å². The summed E-state index contributed by atoms with van der Waals surface area (Å²) in [6.07, 6.45) is 0.455. The summed E-state index contributed by atoms with van der Waals surface area (Å²) >= 11 is 0. The average molecular weight is 252 g/mol. The third-order valence-corrected chi connectivity index (χ3v) is 2.74. The van der Waals surface area contributed by atoms with Gasteiger partial charge in [-0.25, -0.2) is 9.97 Å². The largest absolute Gasteiger partial charge is 0.325 e. The summed E-state index contributed by atoms with van der Waals surface area (Å²) in [7, 11) is 0. The number of para-hydroxylation sites is 1. The van der Waals surface area contributed by atoms with Gasteiger partial charge in [0.2, 0.25) is 0 Å².